The van der Waals surface area contributed by atoms with Gasteiger partial charge in [0.05, 0.1) is 5.56 Å². The predicted molar refractivity (Wildman–Crippen MR) is 57.3 cm³/mol. The topological polar surface area (TPSA) is 47.2 Å². The summed E-state index contributed by atoms with van der Waals surface area (Å²) in [5.74, 6) is -0.0211. The van der Waals surface area contributed by atoms with Crippen molar-refractivity contribution in [1.29, 1.82) is 0 Å². The summed E-state index contributed by atoms with van der Waals surface area (Å²) in [4.78, 5) is 11.6. The molecule has 1 heterocycles. The van der Waals surface area contributed by atoms with Crippen molar-refractivity contribution in [3.05, 3.63) is 20.7 Å². The van der Waals surface area contributed by atoms with Crippen LogP contribution in [0, 0.1) is 11.7 Å². The van der Waals surface area contributed by atoms with E-state index in [-0.39, 0.29) is 11.4 Å². The van der Waals surface area contributed by atoms with Gasteiger partial charge in [-0.25, -0.2) is 0 Å². The first-order valence-corrected chi connectivity index (χ1v) is 4.98. The lowest BCUT2D eigenvalue weighted by Crippen LogP contribution is -2.26. The molecule has 0 aliphatic heterocycles. The zero-order valence-electron chi connectivity index (χ0n) is 8.57. The highest BCUT2D eigenvalue weighted by Gasteiger charge is 2.10. The summed E-state index contributed by atoms with van der Waals surface area (Å²) in [5, 5.41) is 9.66. The molecule has 0 aliphatic carbocycles. The third-order valence-electron chi connectivity index (χ3n) is 2.25. The van der Waals surface area contributed by atoms with E-state index < -0.39 is 0 Å². The zero-order chi connectivity index (χ0) is 10.9. The van der Waals surface area contributed by atoms with E-state index in [1.807, 2.05) is 13.8 Å². The second kappa shape index (κ2) is 3.96. The number of hydrogen-bond acceptors (Lipinski definition) is 3. The predicted octanol–water partition coefficient (Wildman–Crippen LogP) is 1.43. The normalized spacial score (nSPS) is 10.5. The Labute approximate surface area is 87.4 Å². The van der Waals surface area contributed by atoms with E-state index in [0.717, 1.165) is 0 Å². The van der Waals surface area contributed by atoms with Gasteiger partial charge in [0, 0.05) is 13.1 Å². The Hall–Kier alpha value is -1.10. The highest BCUT2D eigenvalue weighted by Crippen LogP contribution is 2.12. The highest BCUT2D eigenvalue weighted by atomic mass is 32.1. The molecular formula is C9H14N2O2S. The molecular weight excluding hydrogens is 200 g/mol. The summed E-state index contributed by atoms with van der Waals surface area (Å²) >= 11 is 5.09. The van der Waals surface area contributed by atoms with E-state index in [0.29, 0.717) is 23.4 Å². The molecule has 0 unspecified atom stereocenters. The van der Waals surface area contributed by atoms with Gasteiger partial charge in [0.1, 0.15) is 0 Å². The first-order valence-electron chi connectivity index (χ1n) is 4.57. The van der Waals surface area contributed by atoms with Gasteiger partial charge in [-0.2, -0.15) is 0 Å². The van der Waals surface area contributed by atoms with Gasteiger partial charge in [0.25, 0.3) is 5.56 Å². The molecule has 0 amide bonds. The molecule has 1 aromatic heterocycles. The maximum absolute atomic E-state index is 11.6. The van der Waals surface area contributed by atoms with E-state index in [9.17, 15) is 9.90 Å². The van der Waals surface area contributed by atoms with Gasteiger partial charge in [0.15, 0.2) is 4.77 Å². The molecule has 0 saturated carbocycles. The van der Waals surface area contributed by atoms with Crippen LogP contribution in [0.3, 0.4) is 0 Å². The van der Waals surface area contributed by atoms with E-state index in [1.54, 1.807) is 11.5 Å². The molecule has 1 rings (SSSR count). The molecule has 4 nitrogen and oxygen atoms in total. The molecule has 0 fully saturated rings. The van der Waals surface area contributed by atoms with Crippen molar-refractivity contribution < 1.29 is 5.11 Å². The fourth-order valence-electron chi connectivity index (χ4n) is 1.39. The molecule has 5 heteroatoms. The molecule has 0 bridgehead atoms. The van der Waals surface area contributed by atoms with Crippen LogP contribution in [0.1, 0.15) is 19.4 Å². The van der Waals surface area contributed by atoms with Crippen LogP contribution in [-0.2, 0) is 13.1 Å². The number of rotatable bonds is 2. The van der Waals surface area contributed by atoms with Crippen LogP contribution < -0.4 is 5.56 Å². The standard InChI is InChI=1S/C9H14N2O2S/c1-4-10-7(12)6(3)8(13)11(5-2)9(10)14/h12H,4-5H2,1-3H3. The van der Waals surface area contributed by atoms with Crippen LogP contribution >= 0.6 is 12.2 Å². The van der Waals surface area contributed by atoms with Crippen LogP contribution in [0.2, 0.25) is 0 Å². The number of nitrogens with zero attached hydrogens (tertiary/aromatic N) is 2. The summed E-state index contributed by atoms with van der Waals surface area (Å²) in [6, 6.07) is 0. The smallest absolute Gasteiger partial charge is 0.261 e. The Morgan fingerprint density at radius 3 is 2.21 bits per heavy atom. The molecule has 0 radical (unpaired) electrons. The molecule has 0 aromatic carbocycles. The Morgan fingerprint density at radius 2 is 1.79 bits per heavy atom. The van der Waals surface area contributed by atoms with E-state index in [2.05, 4.69) is 0 Å². The Morgan fingerprint density at radius 1 is 1.29 bits per heavy atom. The van der Waals surface area contributed by atoms with Crippen LogP contribution in [0.5, 0.6) is 5.88 Å². The van der Waals surface area contributed by atoms with E-state index >= 15 is 0 Å². The van der Waals surface area contributed by atoms with Crippen LogP contribution in [-0.4, -0.2) is 14.2 Å². The minimum Gasteiger partial charge on any atom is -0.494 e. The summed E-state index contributed by atoms with van der Waals surface area (Å²) in [6.07, 6.45) is 0. The van der Waals surface area contributed by atoms with Crippen molar-refractivity contribution in [1.82, 2.24) is 9.13 Å². The quantitative estimate of drug-likeness (QED) is 0.758. The van der Waals surface area contributed by atoms with Crippen molar-refractivity contribution in [2.24, 2.45) is 0 Å². The molecule has 1 aromatic rings. The Balaban J connectivity index is 3.74. The van der Waals surface area contributed by atoms with Crippen LogP contribution in [0.15, 0.2) is 4.79 Å². The van der Waals surface area contributed by atoms with Crippen molar-refractivity contribution in [2.75, 3.05) is 0 Å². The number of aromatic hydroxyl groups is 1. The van der Waals surface area contributed by atoms with Gasteiger partial charge < -0.3 is 5.11 Å². The Kier molecular flexibility index (Phi) is 3.10. The van der Waals surface area contributed by atoms with Gasteiger partial charge in [0.2, 0.25) is 5.88 Å². The first kappa shape index (κ1) is 11.0. The van der Waals surface area contributed by atoms with Crippen molar-refractivity contribution >= 4 is 12.2 Å². The lowest BCUT2D eigenvalue weighted by atomic mass is 10.3. The SMILES string of the molecule is CCn1c(O)c(C)c(=O)n(CC)c1=S. The maximum Gasteiger partial charge on any atom is 0.261 e. The second-order valence-corrected chi connectivity index (χ2v) is 3.39. The molecule has 0 spiro atoms. The maximum atomic E-state index is 11.6. The van der Waals surface area contributed by atoms with Gasteiger partial charge in [-0.15, -0.1) is 0 Å². The zero-order valence-corrected chi connectivity index (χ0v) is 9.39. The minimum absolute atomic E-state index is 0.0211. The minimum atomic E-state index is -0.209. The summed E-state index contributed by atoms with van der Waals surface area (Å²) in [6.45, 7) is 6.42. The van der Waals surface area contributed by atoms with Crippen LogP contribution in [0.25, 0.3) is 0 Å². The summed E-state index contributed by atoms with van der Waals surface area (Å²) in [7, 11) is 0. The largest absolute Gasteiger partial charge is 0.494 e. The third kappa shape index (κ3) is 1.48. The second-order valence-electron chi connectivity index (χ2n) is 3.02. The average molecular weight is 214 g/mol. The number of aromatic nitrogens is 2. The van der Waals surface area contributed by atoms with Gasteiger partial charge in [-0.1, -0.05) is 0 Å². The molecule has 1 N–H and O–H groups in total. The Bertz CT molecular complexity index is 459. The lowest BCUT2D eigenvalue weighted by Gasteiger charge is -2.13. The fourth-order valence-corrected chi connectivity index (χ4v) is 1.82. The van der Waals surface area contributed by atoms with Crippen molar-refractivity contribution in [3.8, 4) is 5.88 Å². The van der Waals surface area contributed by atoms with Gasteiger partial charge in [-0.05, 0) is 33.0 Å². The summed E-state index contributed by atoms with van der Waals surface area (Å²) < 4.78 is 3.41. The van der Waals surface area contributed by atoms with Crippen molar-refractivity contribution in [2.45, 2.75) is 33.9 Å². The highest BCUT2D eigenvalue weighted by molar-refractivity contribution is 7.71. The average Bonchev–Trinajstić information content (AvgIpc) is 2.16. The van der Waals surface area contributed by atoms with Gasteiger partial charge in [-0.3, -0.25) is 13.9 Å². The molecule has 0 aliphatic rings. The molecule has 14 heavy (non-hydrogen) atoms. The molecule has 0 atom stereocenters. The lowest BCUT2D eigenvalue weighted by molar-refractivity contribution is 0.395. The monoisotopic (exact) mass is 214 g/mol. The van der Waals surface area contributed by atoms with Gasteiger partial charge >= 0.3 is 0 Å². The van der Waals surface area contributed by atoms with Crippen LogP contribution in [0.4, 0.5) is 0 Å². The third-order valence-corrected chi connectivity index (χ3v) is 2.69. The molecule has 0 saturated heterocycles. The molecule has 78 valence electrons. The fraction of sp³-hybridized carbons (Fsp3) is 0.556. The van der Waals surface area contributed by atoms with E-state index in [4.69, 9.17) is 12.2 Å². The van der Waals surface area contributed by atoms with E-state index in [1.165, 1.54) is 4.57 Å². The first-order chi connectivity index (χ1) is 6.54. The number of hydrogen-bond donors (Lipinski definition) is 1. The summed E-state index contributed by atoms with van der Waals surface area (Å²) in [5.41, 5.74) is 0.141. The van der Waals surface area contributed by atoms with Crippen molar-refractivity contribution in [3.63, 3.8) is 0 Å².